The average Bonchev–Trinajstić information content (AvgIpc) is 2.88. The number of thiocarbonyl (C=S) groups is 1. The van der Waals surface area contributed by atoms with Gasteiger partial charge in [-0.3, -0.25) is 4.90 Å². The first-order chi connectivity index (χ1) is 12.1. The van der Waals surface area contributed by atoms with Crippen molar-refractivity contribution in [2.24, 2.45) is 5.11 Å². The maximum Gasteiger partial charge on any atom is 0.490 e. The third kappa shape index (κ3) is 8.78. The Morgan fingerprint density at radius 3 is 2.15 bits per heavy atom. The van der Waals surface area contributed by atoms with Crippen LogP contribution in [-0.2, 0) is 9.53 Å². The Kier molecular flexibility index (Phi) is 8.80. The third-order valence-electron chi connectivity index (χ3n) is 3.09. The molecule has 0 aromatic heterocycles. The van der Waals surface area contributed by atoms with Gasteiger partial charge in [0.2, 0.25) is 0 Å². The first-order valence-electron chi connectivity index (χ1n) is 7.65. The summed E-state index contributed by atoms with van der Waals surface area (Å²) < 4.78 is 37.1. The number of rotatable bonds is 2. The molecule has 0 radical (unpaired) electrons. The maximum atomic E-state index is 12.2. The van der Waals surface area contributed by atoms with E-state index < -0.39 is 23.8 Å². The SMILES string of the molecule is CN(C)C(=S)[C@@H]1C[C@@H](N=[N+]=[N-])CN1C(=O)OC(C)(C)C.O=C(O)C(F)(F)F. The van der Waals surface area contributed by atoms with Crippen LogP contribution in [0.1, 0.15) is 27.2 Å². The highest BCUT2D eigenvalue weighted by atomic mass is 32.1. The molecule has 0 saturated carbocycles. The van der Waals surface area contributed by atoms with Crippen molar-refractivity contribution in [2.45, 2.75) is 51.1 Å². The minimum Gasteiger partial charge on any atom is -0.475 e. The van der Waals surface area contributed by atoms with Crippen LogP contribution in [0.25, 0.3) is 10.4 Å². The number of nitrogens with zero attached hydrogens (tertiary/aromatic N) is 5. The van der Waals surface area contributed by atoms with Gasteiger partial charge in [-0.2, -0.15) is 13.2 Å². The molecule has 1 rings (SSSR count). The largest absolute Gasteiger partial charge is 0.490 e. The van der Waals surface area contributed by atoms with E-state index in [0.717, 1.165) is 0 Å². The molecule has 13 heteroatoms. The Bertz CT molecular complexity index is 615. The molecule has 9 nitrogen and oxygen atoms in total. The molecule has 1 aliphatic heterocycles. The summed E-state index contributed by atoms with van der Waals surface area (Å²) >= 11 is 5.35. The molecule has 0 aromatic carbocycles. The molecule has 0 unspecified atom stereocenters. The number of carboxylic acids is 1. The number of likely N-dealkylation sites (tertiary alicyclic amines) is 1. The van der Waals surface area contributed by atoms with Gasteiger partial charge < -0.3 is 14.7 Å². The monoisotopic (exact) mass is 413 g/mol. The van der Waals surface area contributed by atoms with Crippen LogP contribution in [-0.4, -0.2) is 76.5 Å². The minimum absolute atomic E-state index is 0.268. The van der Waals surface area contributed by atoms with Crippen molar-refractivity contribution in [3.05, 3.63) is 10.4 Å². The lowest BCUT2D eigenvalue weighted by molar-refractivity contribution is -0.192. The zero-order chi connectivity index (χ0) is 21.6. The number of aliphatic carboxylic acids is 1. The van der Waals surface area contributed by atoms with Crippen LogP contribution in [0.5, 0.6) is 0 Å². The Morgan fingerprint density at radius 2 is 1.81 bits per heavy atom. The lowest BCUT2D eigenvalue weighted by atomic mass is 10.1. The third-order valence-corrected chi connectivity index (χ3v) is 3.73. The minimum atomic E-state index is -5.08. The number of ether oxygens (including phenoxy) is 1. The lowest BCUT2D eigenvalue weighted by Gasteiger charge is -2.30. The number of azide groups is 1. The first-order valence-corrected chi connectivity index (χ1v) is 8.06. The normalized spacial score (nSPS) is 19.3. The molecule has 0 aliphatic carbocycles. The average molecular weight is 413 g/mol. The molecule has 2 atom stereocenters. The number of hydrogen-bond donors (Lipinski definition) is 1. The summed E-state index contributed by atoms with van der Waals surface area (Å²) in [6.45, 7) is 5.76. The van der Waals surface area contributed by atoms with E-state index in [1.807, 2.05) is 34.9 Å². The molecule has 1 N–H and O–H groups in total. The fourth-order valence-electron chi connectivity index (χ4n) is 2.02. The van der Waals surface area contributed by atoms with Crippen LogP contribution >= 0.6 is 12.2 Å². The highest BCUT2D eigenvalue weighted by Gasteiger charge is 2.40. The summed E-state index contributed by atoms with van der Waals surface area (Å²) in [6.07, 6.45) is -4.98. The van der Waals surface area contributed by atoms with E-state index in [2.05, 4.69) is 10.0 Å². The van der Waals surface area contributed by atoms with Crippen LogP contribution < -0.4 is 0 Å². The van der Waals surface area contributed by atoms with Crippen LogP contribution in [0, 0.1) is 0 Å². The fraction of sp³-hybridized carbons (Fsp3) is 0.786. The second-order valence-electron chi connectivity index (χ2n) is 6.78. The fourth-order valence-corrected chi connectivity index (χ4v) is 2.25. The summed E-state index contributed by atoms with van der Waals surface area (Å²) in [5.41, 5.74) is 7.98. The summed E-state index contributed by atoms with van der Waals surface area (Å²) in [6, 6.07) is -0.541. The number of hydrogen-bond acceptors (Lipinski definition) is 5. The van der Waals surface area contributed by atoms with Gasteiger partial charge in [0.1, 0.15) is 10.6 Å². The standard InChI is InChI=1S/C12H21N5O2S.C2HF3O2/c1-12(2,3)19-11(18)17-7-8(14-15-13)6-9(17)10(20)16(4)5;3-2(4,5)1(6)7/h8-9H,6-7H2,1-5H3;(H,6,7)/t8-,9+;/m1./s1. The molecule has 1 fully saturated rings. The zero-order valence-corrected chi connectivity index (χ0v) is 16.3. The van der Waals surface area contributed by atoms with Gasteiger partial charge >= 0.3 is 18.2 Å². The number of carbonyl (C=O) groups excluding carboxylic acids is 1. The smallest absolute Gasteiger partial charge is 0.475 e. The first kappa shape index (κ1) is 24.7. The number of alkyl halides is 3. The van der Waals surface area contributed by atoms with E-state index in [0.29, 0.717) is 18.0 Å². The molecule has 27 heavy (non-hydrogen) atoms. The van der Waals surface area contributed by atoms with Gasteiger partial charge in [-0.05, 0) is 32.7 Å². The summed E-state index contributed by atoms with van der Waals surface area (Å²) in [5, 5.41) is 10.8. The van der Waals surface area contributed by atoms with Crippen LogP contribution in [0.4, 0.5) is 18.0 Å². The van der Waals surface area contributed by atoms with Crippen molar-refractivity contribution < 1.29 is 32.6 Å². The lowest BCUT2D eigenvalue weighted by Crippen LogP contribution is -2.46. The molecule has 1 saturated heterocycles. The molecule has 0 aromatic rings. The molecule has 1 heterocycles. The van der Waals surface area contributed by atoms with E-state index >= 15 is 0 Å². The molecular formula is C14H22F3N5O4S. The molecular weight excluding hydrogens is 391 g/mol. The number of amides is 1. The van der Waals surface area contributed by atoms with Crippen molar-refractivity contribution in [2.75, 3.05) is 20.6 Å². The van der Waals surface area contributed by atoms with E-state index in [4.69, 9.17) is 32.4 Å². The summed E-state index contributed by atoms with van der Waals surface area (Å²) in [7, 11) is 3.66. The Balaban J connectivity index is 0.000000821. The van der Waals surface area contributed by atoms with E-state index in [1.54, 1.807) is 9.80 Å². The van der Waals surface area contributed by atoms with E-state index in [9.17, 15) is 18.0 Å². The summed E-state index contributed by atoms with van der Waals surface area (Å²) in [4.78, 5) is 27.9. The quantitative estimate of drug-likeness (QED) is 0.321. The summed E-state index contributed by atoms with van der Waals surface area (Å²) in [5.74, 6) is -2.76. The molecule has 1 amide bonds. The Hall–Kier alpha value is -2.27. The van der Waals surface area contributed by atoms with Gasteiger partial charge in [-0.15, -0.1) is 0 Å². The van der Waals surface area contributed by atoms with Crippen molar-refractivity contribution in [3.63, 3.8) is 0 Å². The number of likely N-dealkylation sites (N-methyl/N-ethyl adjacent to an activating group) is 1. The Labute approximate surface area is 159 Å². The molecule has 0 spiro atoms. The number of carboxylic acid groups (broad SMARTS) is 1. The highest BCUT2D eigenvalue weighted by Crippen LogP contribution is 2.25. The van der Waals surface area contributed by atoms with E-state index in [1.165, 1.54) is 0 Å². The van der Waals surface area contributed by atoms with E-state index in [-0.39, 0.29) is 12.1 Å². The van der Waals surface area contributed by atoms with Crippen molar-refractivity contribution in [1.29, 1.82) is 0 Å². The predicted octanol–water partition coefficient (Wildman–Crippen LogP) is 3.20. The molecule has 154 valence electrons. The van der Waals surface area contributed by atoms with Crippen molar-refractivity contribution in [1.82, 2.24) is 9.80 Å². The van der Waals surface area contributed by atoms with Crippen LogP contribution in [0.3, 0.4) is 0 Å². The molecule has 0 bridgehead atoms. The van der Waals surface area contributed by atoms with Gasteiger partial charge in [0.15, 0.2) is 0 Å². The second kappa shape index (κ2) is 9.60. The van der Waals surface area contributed by atoms with Crippen molar-refractivity contribution >= 4 is 29.3 Å². The van der Waals surface area contributed by atoms with Gasteiger partial charge in [0.05, 0.1) is 12.1 Å². The molecule has 1 aliphatic rings. The van der Waals surface area contributed by atoms with Crippen LogP contribution in [0.2, 0.25) is 0 Å². The van der Waals surface area contributed by atoms with Gasteiger partial charge in [0.25, 0.3) is 0 Å². The highest BCUT2D eigenvalue weighted by molar-refractivity contribution is 7.80. The van der Waals surface area contributed by atoms with Gasteiger partial charge in [0, 0.05) is 25.6 Å². The van der Waals surface area contributed by atoms with Gasteiger partial charge in [-0.1, -0.05) is 17.3 Å². The van der Waals surface area contributed by atoms with Crippen molar-refractivity contribution in [3.8, 4) is 0 Å². The Morgan fingerprint density at radius 1 is 1.33 bits per heavy atom. The number of halogens is 3. The topological polar surface area (TPSA) is 119 Å². The van der Waals surface area contributed by atoms with Crippen LogP contribution in [0.15, 0.2) is 5.11 Å². The maximum absolute atomic E-state index is 12.2. The number of carbonyl (C=O) groups is 2. The van der Waals surface area contributed by atoms with Gasteiger partial charge in [-0.25, -0.2) is 9.59 Å². The zero-order valence-electron chi connectivity index (χ0n) is 15.5. The second-order valence-corrected chi connectivity index (χ2v) is 7.20. The predicted molar refractivity (Wildman–Crippen MR) is 94.3 cm³/mol.